The van der Waals surface area contributed by atoms with Gasteiger partial charge in [0.1, 0.15) is 5.69 Å². The quantitative estimate of drug-likeness (QED) is 0.843. The molecule has 1 atom stereocenters. The van der Waals surface area contributed by atoms with Crippen LogP contribution in [0.1, 0.15) is 52.2 Å². The molecule has 0 fully saturated rings. The average molecular weight is 360 g/mol. The first-order valence-electron chi connectivity index (χ1n) is 8.16. The van der Waals surface area contributed by atoms with Crippen LogP contribution in [-0.4, -0.2) is 22.8 Å². The summed E-state index contributed by atoms with van der Waals surface area (Å²) in [6.07, 6.45) is 2.28. The fourth-order valence-electron chi connectivity index (χ4n) is 2.36. The molecule has 0 aliphatic rings. The minimum absolute atomic E-state index is 0.0620. The molecule has 6 heteroatoms. The summed E-state index contributed by atoms with van der Waals surface area (Å²) >= 11 is 6.22. The van der Waals surface area contributed by atoms with Gasteiger partial charge in [-0.15, -0.1) is 0 Å². The molecule has 2 amide bonds. The van der Waals surface area contributed by atoms with Gasteiger partial charge in [-0.1, -0.05) is 24.6 Å². The summed E-state index contributed by atoms with van der Waals surface area (Å²) in [6.45, 7) is 7.72. The van der Waals surface area contributed by atoms with E-state index in [1.807, 2.05) is 33.8 Å². The van der Waals surface area contributed by atoms with Gasteiger partial charge in [-0.2, -0.15) is 0 Å². The topological polar surface area (TPSA) is 71.1 Å². The number of hydrogen-bond donors (Lipinski definition) is 2. The number of hydrogen-bond acceptors (Lipinski definition) is 3. The molecule has 0 saturated heterocycles. The molecule has 0 aliphatic heterocycles. The first-order chi connectivity index (χ1) is 11.8. The lowest BCUT2D eigenvalue weighted by atomic mass is 10.1. The molecule has 0 spiro atoms. The third-order valence-electron chi connectivity index (χ3n) is 3.91. The van der Waals surface area contributed by atoms with Crippen LogP contribution in [0.4, 0.5) is 5.69 Å². The Kier molecular flexibility index (Phi) is 6.15. The zero-order valence-corrected chi connectivity index (χ0v) is 15.6. The molecule has 2 rings (SSSR count). The van der Waals surface area contributed by atoms with Crippen molar-refractivity contribution in [2.75, 3.05) is 5.32 Å². The zero-order chi connectivity index (χ0) is 18.6. The number of aryl methyl sites for hydroxylation is 2. The van der Waals surface area contributed by atoms with Gasteiger partial charge < -0.3 is 10.6 Å². The molecule has 5 nitrogen and oxygen atoms in total. The van der Waals surface area contributed by atoms with E-state index in [2.05, 4.69) is 15.6 Å². The molecule has 132 valence electrons. The van der Waals surface area contributed by atoms with Crippen molar-refractivity contribution in [3.05, 3.63) is 57.9 Å². The zero-order valence-electron chi connectivity index (χ0n) is 14.8. The van der Waals surface area contributed by atoms with Gasteiger partial charge in [-0.3, -0.25) is 14.6 Å². The van der Waals surface area contributed by atoms with Crippen LogP contribution in [0, 0.1) is 13.8 Å². The van der Waals surface area contributed by atoms with E-state index in [-0.39, 0.29) is 17.6 Å². The second-order valence-electron chi connectivity index (χ2n) is 6.11. The van der Waals surface area contributed by atoms with Crippen molar-refractivity contribution in [1.29, 1.82) is 0 Å². The van der Waals surface area contributed by atoms with E-state index >= 15 is 0 Å². The average Bonchev–Trinajstić information content (AvgIpc) is 2.57. The second kappa shape index (κ2) is 8.12. The Bertz CT molecular complexity index is 782. The number of rotatable bonds is 5. The van der Waals surface area contributed by atoms with Gasteiger partial charge in [0.05, 0.1) is 10.7 Å². The van der Waals surface area contributed by atoms with Gasteiger partial charge in [-0.05, 0) is 56.5 Å². The van der Waals surface area contributed by atoms with Gasteiger partial charge in [0.25, 0.3) is 11.8 Å². The first-order valence-corrected chi connectivity index (χ1v) is 8.54. The van der Waals surface area contributed by atoms with Crippen LogP contribution in [-0.2, 0) is 0 Å². The SMILES string of the molecule is CCC(C)NC(=O)c1ccnc(C(=O)Nc2c(C)cc(C)cc2Cl)c1. The van der Waals surface area contributed by atoms with Crippen LogP contribution in [0.25, 0.3) is 0 Å². The van der Waals surface area contributed by atoms with Gasteiger partial charge in [0.15, 0.2) is 0 Å². The number of halogens is 1. The third kappa shape index (κ3) is 4.79. The van der Waals surface area contributed by atoms with E-state index < -0.39 is 5.91 Å². The predicted octanol–water partition coefficient (Wildman–Crippen LogP) is 4.13. The lowest BCUT2D eigenvalue weighted by Crippen LogP contribution is -2.32. The van der Waals surface area contributed by atoms with Crippen molar-refractivity contribution in [3.8, 4) is 0 Å². The summed E-state index contributed by atoms with van der Waals surface area (Å²) in [5.74, 6) is -0.637. The second-order valence-corrected chi connectivity index (χ2v) is 6.51. The molecule has 2 aromatic rings. The summed E-state index contributed by atoms with van der Waals surface area (Å²) < 4.78 is 0. The molecule has 2 N–H and O–H groups in total. The first kappa shape index (κ1) is 18.9. The highest BCUT2D eigenvalue weighted by Gasteiger charge is 2.15. The maximum Gasteiger partial charge on any atom is 0.274 e. The molecular formula is C19H22ClN3O2. The monoisotopic (exact) mass is 359 g/mol. The van der Waals surface area contributed by atoms with Crippen molar-refractivity contribution < 1.29 is 9.59 Å². The summed E-state index contributed by atoms with van der Waals surface area (Å²) in [7, 11) is 0. The maximum atomic E-state index is 12.5. The fraction of sp³-hybridized carbons (Fsp3) is 0.316. The number of nitrogens with one attached hydrogen (secondary N) is 2. The number of carbonyl (C=O) groups is 2. The molecular weight excluding hydrogens is 338 g/mol. The Balaban J connectivity index is 2.21. The molecule has 0 aliphatic carbocycles. The van der Waals surface area contributed by atoms with E-state index in [9.17, 15) is 9.59 Å². The summed E-state index contributed by atoms with van der Waals surface area (Å²) in [6, 6.07) is 6.84. The Morgan fingerprint density at radius 3 is 2.56 bits per heavy atom. The van der Waals surface area contributed by atoms with E-state index in [0.717, 1.165) is 17.5 Å². The minimum atomic E-state index is -0.410. The van der Waals surface area contributed by atoms with Crippen molar-refractivity contribution in [3.63, 3.8) is 0 Å². The third-order valence-corrected chi connectivity index (χ3v) is 4.21. The summed E-state index contributed by atoms with van der Waals surface area (Å²) in [4.78, 5) is 28.8. The Morgan fingerprint density at radius 1 is 1.20 bits per heavy atom. The summed E-state index contributed by atoms with van der Waals surface area (Å²) in [5, 5.41) is 6.11. The molecule has 1 unspecified atom stereocenters. The van der Waals surface area contributed by atoms with Crippen LogP contribution in [0.3, 0.4) is 0 Å². The van der Waals surface area contributed by atoms with Crippen LogP contribution in [0.2, 0.25) is 5.02 Å². The maximum absolute atomic E-state index is 12.5. The lowest BCUT2D eigenvalue weighted by Gasteiger charge is -2.13. The van der Waals surface area contributed by atoms with Crippen LogP contribution < -0.4 is 10.6 Å². The highest BCUT2D eigenvalue weighted by molar-refractivity contribution is 6.34. The smallest absolute Gasteiger partial charge is 0.274 e. The molecule has 1 heterocycles. The largest absolute Gasteiger partial charge is 0.350 e. The Hall–Kier alpha value is -2.40. The van der Waals surface area contributed by atoms with Crippen molar-refractivity contribution in [2.45, 2.75) is 40.2 Å². The number of amides is 2. The molecule has 0 radical (unpaired) electrons. The van der Waals surface area contributed by atoms with E-state index in [1.54, 1.807) is 12.1 Å². The van der Waals surface area contributed by atoms with Crippen LogP contribution >= 0.6 is 11.6 Å². The standard InChI is InChI=1S/C19H22ClN3O2/c1-5-13(4)22-18(24)14-6-7-21-16(10-14)19(25)23-17-12(3)8-11(2)9-15(17)20/h6-10,13H,5H2,1-4H3,(H,22,24)(H,23,25). The number of nitrogens with zero attached hydrogens (tertiary/aromatic N) is 1. The van der Waals surface area contributed by atoms with Gasteiger partial charge >= 0.3 is 0 Å². The van der Waals surface area contributed by atoms with Crippen LogP contribution in [0.5, 0.6) is 0 Å². The number of benzene rings is 1. The minimum Gasteiger partial charge on any atom is -0.350 e. The highest BCUT2D eigenvalue weighted by Crippen LogP contribution is 2.27. The van der Waals surface area contributed by atoms with Crippen LogP contribution in [0.15, 0.2) is 30.5 Å². The lowest BCUT2D eigenvalue weighted by molar-refractivity contribution is 0.0939. The number of aromatic nitrogens is 1. The van der Waals surface area contributed by atoms with Crippen molar-refractivity contribution >= 4 is 29.1 Å². The van der Waals surface area contributed by atoms with Gasteiger partial charge in [-0.25, -0.2) is 0 Å². The fourth-order valence-corrected chi connectivity index (χ4v) is 2.73. The number of anilines is 1. The van der Waals surface area contributed by atoms with Gasteiger partial charge in [0, 0.05) is 17.8 Å². The Morgan fingerprint density at radius 2 is 1.92 bits per heavy atom. The molecule has 1 aromatic carbocycles. The van der Waals surface area contributed by atoms with E-state index in [1.165, 1.54) is 12.3 Å². The Labute approximate surface area is 152 Å². The van der Waals surface area contributed by atoms with Crippen molar-refractivity contribution in [1.82, 2.24) is 10.3 Å². The van der Waals surface area contributed by atoms with Crippen molar-refractivity contribution in [2.24, 2.45) is 0 Å². The highest BCUT2D eigenvalue weighted by atomic mass is 35.5. The predicted molar refractivity (Wildman–Crippen MR) is 100 cm³/mol. The van der Waals surface area contributed by atoms with E-state index in [4.69, 9.17) is 11.6 Å². The van der Waals surface area contributed by atoms with Gasteiger partial charge in [0.2, 0.25) is 0 Å². The molecule has 0 bridgehead atoms. The normalized spacial score (nSPS) is 11.7. The molecule has 0 saturated carbocycles. The molecule has 25 heavy (non-hydrogen) atoms. The summed E-state index contributed by atoms with van der Waals surface area (Å²) in [5.41, 5.74) is 2.99. The molecule has 1 aromatic heterocycles. The number of carbonyl (C=O) groups excluding carboxylic acids is 2. The van der Waals surface area contributed by atoms with E-state index in [0.29, 0.717) is 16.3 Å². The number of pyridine rings is 1.